The van der Waals surface area contributed by atoms with Crippen LogP contribution < -0.4 is 128 Å². The number of carbonyl (C=O) groups excluding carboxylic acids is 4. The van der Waals surface area contributed by atoms with Crippen LogP contribution in [0, 0.1) is 30.2 Å². The average molecular weight is 1630 g/mol. The molecule has 0 saturated carbocycles. The molecule has 112 heavy (non-hydrogen) atoms. The molecule has 0 spiro atoms. The molecule has 22 nitrogen and oxygen atoms in total. The van der Waals surface area contributed by atoms with Crippen molar-refractivity contribution in [2.24, 2.45) is 7.05 Å². The molecule has 34 heteroatoms. The Morgan fingerprint density at radius 2 is 0.768 bits per heavy atom. The molecule has 0 amide bonds. The zero-order valence-electron chi connectivity index (χ0n) is 59.7. The fourth-order valence-corrected chi connectivity index (χ4v) is 13.6. The summed E-state index contributed by atoms with van der Waals surface area (Å²) in [5, 5.41) is 11.7. The van der Waals surface area contributed by atoms with Gasteiger partial charge in [0.05, 0.1) is 30.6 Å². The van der Waals surface area contributed by atoms with Gasteiger partial charge in [0.1, 0.15) is 92.5 Å². The molecule has 0 radical (unpaired) electrons. The minimum Gasteiger partial charge on any atom is -0.744 e. The van der Waals surface area contributed by atoms with Crippen molar-refractivity contribution in [2.45, 2.75) is 26.5 Å². The van der Waals surface area contributed by atoms with Gasteiger partial charge in [0.25, 0.3) is 0 Å². The van der Waals surface area contributed by atoms with Crippen molar-refractivity contribution in [1.29, 1.82) is 0 Å². The Bertz CT molecular complexity index is 6240. The van der Waals surface area contributed by atoms with E-state index >= 15 is 0 Å². The third kappa shape index (κ3) is 21.7. The quantitative estimate of drug-likeness (QED) is 0.0572. The molecular formula is C78H51F4N3Na4O19S4. The Balaban J connectivity index is 0.000000261. The predicted octanol–water partition coefficient (Wildman–Crippen LogP) is 2.37. The molecule has 14 aromatic rings. The number of benzene rings is 11. The number of phenols is 1. The van der Waals surface area contributed by atoms with Crippen molar-refractivity contribution in [3.8, 4) is 34.4 Å². The van der Waals surface area contributed by atoms with E-state index in [2.05, 4.69) is 4.98 Å². The molecule has 3 aromatic heterocycles. The number of H-pyrrole nitrogens is 1. The second-order valence-corrected chi connectivity index (χ2v) is 29.0. The molecule has 2 N–H and O–H groups in total. The second kappa shape index (κ2) is 38.1. The van der Waals surface area contributed by atoms with Crippen LogP contribution in [0.2, 0.25) is 0 Å². The van der Waals surface area contributed by atoms with Crippen LogP contribution in [-0.2, 0) is 47.5 Å². The number of ketones is 4. The maximum Gasteiger partial charge on any atom is 1.00 e. The fourth-order valence-electron chi connectivity index (χ4n) is 11.1. The largest absolute Gasteiger partial charge is 1.00 e. The number of aryl methyl sites for hydroxylation is 2. The standard InChI is InChI=1S/C44H32N2O10S2.C13H8F2O7S2.C13H8F2O.C8H7NO.4Na/c1-27-9-10-30(25-41(27)57(49,50)51)44(48)31-15-20-40(42(26-31)58(52,53)54)56-39-8-4-6-37-35(39)22-24-46(37)32-16-11-28(12-17-32)43(47)29-13-18-33(19-14-29)55-38-7-3-5-36-34(38)21-23-45(36)2;14-9-3-1-7(5-11(9)23(17,18)19)13(16)8-2-4-10(15)12(6-8)24(20,21)22;14-11-5-1-9(2-6-11)13(16)10-3-7-12(15)8-4-10;10-8-3-1-2-7-6(8)4-5-9-7;;;;/h3-26H,1-2H3,(H,49,50,51)(H,52,53,54);1-6H,(H,17,18,19)(H,20,21,22);1-8H;1-5,9-10H;;;;/q;;;;4*+1/p-4. The van der Waals surface area contributed by atoms with Gasteiger partial charge in [-0.3, -0.25) is 19.2 Å². The average Bonchev–Trinajstić information content (AvgIpc) is 0.975. The molecule has 0 aliphatic carbocycles. The van der Waals surface area contributed by atoms with Gasteiger partial charge in [-0.15, -0.1) is 0 Å². The van der Waals surface area contributed by atoms with Crippen LogP contribution in [0.15, 0.2) is 281 Å². The van der Waals surface area contributed by atoms with E-state index in [1.165, 1.54) is 73.7 Å². The maximum absolute atomic E-state index is 13.4. The summed E-state index contributed by atoms with van der Waals surface area (Å²) in [7, 11) is -18.5. The van der Waals surface area contributed by atoms with Gasteiger partial charge in [0, 0.05) is 97.5 Å². The predicted molar refractivity (Wildman–Crippen MR) is 382 cm³/mol. The SMILES string of the molecule is Cc1ccc(C(=O)c2ccc(Oc3cccc4c3ccn4-c3ccc(C(=O)c4ccc(Oc5cccc6c5ccn6C)cc4)cc3)c(S(=O)(=O)[O-])c2)cc1S(=O)(=O)[O-].O=C(c1ccc(F)c(S(=O)(=O)[O-])c1)c1ccc(F)c(S(=O)(=O)[O-])c1.O=C(c1ccc(F)cc1)c1ccc(F)cc1.Oc1cccc2[nH]ccc12.[Na+].[Na+].[Na+].[Na+]. The van der Waals surface area contributed by atoms with Gasteiger partial charge in [-0.25, -0.2) is 51.2 Å². The number of hydrogen-bond acceptors (Lipinski definition) is 19. The molecule has 0 unspecified atom stereocenters. The first kappa shape index (κ1) is 90.7. The van der Waals surface area contributed by atoms with Gasteiger partial charge in [-0.2, -0.15) is 0 Å². The number of phenolic OH excluding ortho intramolecular Hbond substituents is 1. The van der Waals surface area contributed by atoms with Gasteiger partial charge in [-0.05, 0) is 225 Å². The summed E-state index contributed by atoms with van der Waals surface area (Å²) >= 11 is 0. The van der Waals surface area contributed by atoms with E-state index < -0.39 is 106 Å². The van der Waals surface area contributed by atoms with Crippen LogP contribution in [0.4, 0.5) is 17.6 Å². The molecule has 0 bridgehead atoms. The van der Waals surface area contributed by atoms with E-state index in [0.717, 1.165) is 57.8 Å². The zero-order valence-corrected chi connectivity index (χ0v) is 70.9. The van der Waals surface area contributed by atoms with E-state index in [9.17, 15) is 93.7 Å². The molecule has 3 heterocycles. The van der Waals surface area contributed by atoms with Crippen LogP contribution >= 0.6 is 0 Å². The van der Waals surface area contributed by atoms with Crippen molar-refractivity contribution < 1.29 is 221 Å². The smallest absolute Gasteiger partial charge is 0.744 e. The number of hydrogen-bond donors (Lipinski definition) is 2. The van der Waals surface area contributed by atoms with Gasteiger partial charge < -0.3 is 46.9 Å². The summed E-state index contributed by atoms with van der Waals surface area (Å²) in [6.07, 6.45) is 5.55. The van der Waals surface area contributed by atoms with Crippen LogP contribution in [0.3, 0.4) is 0 Å². The fraction of sp³-hybridized carbons (Fsp3) is 0.0256. The second-order valence-electron chi connectivity index (χ2n) is 23.6. The Hall–Kier alpha value is -8.52. The third-order valence-electron chi connectivity index (χ3n) is 16.5. The molecule has 548 valence electrons. The van der Waals surface area contributed by atoms with E-state index in [1.54, 1.807) is 79.0 Å². The number of ether oxygens (including phenoxy) is 2. The summed E-state index contributed by atoms with van der Waals surface area (Å²) < 4.78 is 206. The van der Waals surface area contributed by atoms with Crippen molar-refractivity contribution in [3.63, 3.8) is 0 Å². The summed E-state index contributed by atoms with van der Waals surface area (Å²) in [6, 6.07) is 56.9. The van der Waals surface area contributed by atoms with E-state index in [1.807, 2.05) is 77.1 Å². The molecule has 0 fully saturated rings. The number of nitrogens with one attached hydrogen (secondary N) is 1. The van der Waals surface area contributed by atoms with E-state index in [-0.39, 0.29) is 158 Å². The van der Waals surface area contributed by atoms with Crippen molar-refractivity contribution in [2.75, 3.05) is 0 Å². The van der Waals surface area contributed by atoms with Gasteiger partial charge in [0.15, 0.2) is 23.1 Å². The summed E-state index contributed by atoms with van der Waals surface area (Å²) in [5.74, 6) is -4.29. The Morgan fingerprint density at radius 1 is 0.384 bits per heavy atom. The number of carbonyl (C=O) groups is 4. The number of aromatic hydroxyl groups is 1. The van der Waals surface area contributed by atoms with Crippen molar-refractivity contribution in [3.05, 3.63) is 335 Å². The van der Waals surface area contributed by atoms with Gasteiger partial charge >= 0.3 is 118 Å². The zero-order chi connectivity index (χ0) is 77.7. The van der Waals surface area contributed by atoms with Crippen LogP contribution in [0.5, 0.6) is 28.7 Å². The first-order chi connectivity index (χ1) is 51.1. The maximum atomic E-state index is 13.4. The number of nitrogens with zero attached hydrogens (tertiary/aromatic N) is 2. The molecule has 0 atom stereocenters. The van der Waals surface area contributed by atoms with Crippen molar-refractivity contribution in [1.82, 2.24) is 14.1 Å². The molecule has 0 aliphatic rings. The molecule has 0 saturated heterocycles. The van der Waals surface area contributed by atoms with Gasteiger partial charge in [-0.1, -0.05) is 30.3 Å². The number of halogens is 4. The number of fused-ring (bicyclic) bond motifs is 3. The molecule has 11 aromatic carbocycles. The van der Waals surface area contributed by atoms with Gasteiger partial charge in [0.2, 0.25) is 0 Å². The topological polar surface area (TPSA) is 361 Å². The molecular weight excluding hydrogens is 1580 g/mol. The number of rotatable bonds is 17. The van der Waals surface area contributed by atoms with E-state index in [4.69, 9.17) is 9.47 Å². The minimum atomic E-state index is -5.19. The third-order valence-corrected chi connectivity index (χ3v) is 20.0. The Kier molecular flexibility index (Phi) is 30.8. The normalized spacial score (nSPS) is 11.1. The Labute approximate surface area is 726 Å². The van der Waals surface area contributed by atoms with Crippen LogP contribution in [-0.4, -0.2) is 94.2 Å². The molecule has 14 rings (SSSR count). The summed E-state index contributed by atoms with van der Waals surface area (Å²) in [5.41, 5.74) is 3.90. The number of aromatic amines is 1. The van der Waals surface area contributed by atoms with Crippen LogP contribution in [0.25, 0.3) is 38.4 Å². The monoisotopic (exact) mass is 1630 g/mol. The number of aromatic nitrogens is 3. The summed E-state index contributed by atoms with van der Waals surface area (Å²) in [4.78, 5) is 49.8. The van der Waals surface area contributed by atoms with Crippen molar-refractivity contribution >= 4 is 96.3 Å². The Morgan fingerprint density at radius 3 is 1.25 bits per heavy atom. The first-order valence-corrected chi connectivity index (χ1v) is 37.1. The molecule has 0 aliphatic heterocycles. The first-order valence-electron chi connectivity index (χ1n) is 31.4. The minimum absolute atomic E-state index is 0. The summed E-state index contributed by atoms with van der Waals surface area (Å²) in [6.45, 7) is 1.40. The van der Waals surface area contributed by atoms with Crippen LogP contribution in [0.1, 0.15) is 69.2 Å². The van der Waals surface area contributed by atoms with E-state index in [0.29, 0.717) is 74.7 Å².